The molecule has 2 aromatic rings. The van der Waals surface area contributed by atoms with Crippen molar-refractivity contribution in [3.8, 4) is 0 Å². The van der Waals surface area contributed by atoms with E-state index in [9.17, 15) is 9.59 Å². The summed E-state index contributed by atoms with van der Waals surface area (Å²) in [7, 11) is 0. The Morgan fingerprint density at radius 1 is 1.00 bits per heavy atom. The minimum Gasteiger partial charge on any atom is -0.452 e. The van der Waals surface area contributed by atoms with Crippen LogP contribution >= 0.6 is 0 Å². The third kappa shape index (κ3) is 4.76. The first kappa shape index (κ1) is 14.8. The normalized spacial score (nSPS) is 9.95. The van der Waals surface area contributed by atoms with Crippen LogP contribution in [0.3, 0.4) is 0 Å². The molecule has 0 aliphatic carbocycles. The highest BCUT2D eigenvalue weighted by Gasteiger charge is 2.09. The van der Waals surface area contributed by atoms with Crippen LogP contribution in [0.2, 0.25) is 0 Å². The van der Waals surface area contributed by atoms with Gasteiger partial charge in [-0.2, -0.15) is 0 Å². The zero-order valence-corrected chi connectivity index (χ0v) is 11.8. The maximum Gasteiger partial charge on any atom is 0.338 e. The molecule has 108 valence electrons. The highest BCUT2D eigenvalue weighted by atomic mass is 16.5. The molecule has 21 heavy (non-hydrogen) atoms. The third-order valence-electron chi connectivity index (χ3n) is 2.95. The lowest BCUT2D eigenvalue weighted by molar-refractivity contribution is -0.124. The van der Waals surface area contributed by atoms with Gasteiger partial charge in [0.05, 0.1) is 5.56 Å². The minimum atomic E-state index is -0.495. The molecule has 2 aromatic carbocycles. The van der Waals surface area contributed by atoms with E-state index in [1.165, 1.54) is 0 Å². The van der Waals surface area contributed by atoms with Crippen molar-refractivity contribution in [2.24, 2.45) is 0 Å². The third-order valence-corrected chi connectivity index (χ3v) is 2.95. The zero-order valence-electron chi connectivity index (χ0n) is 11.8. The van der Waals surface area contributed by atoms with Gasteiger partial charge in [-0.3, -0.25) is 4.79 Å². The molecule has 0 aliphatic heterocycles. The van der Waals surface area contributed by atoms with Gasteiger partial charge in [-0.05, 0) is 24.6 Å². The van der Waals surface area contributed by atoms with Crippen LogP contribution in [-0.4, -0.2) is 18.5 Å². The van der Waals surface area contributed by atoms with Crippen molar-refractivity contribution in [1.29, 1.82) is 0 Å². The number of amides is 1. The molecule has 0 aromatic heterocycles. The molecule has 0 atom stereocenters. The molecule has 0 saturated heterocycles. The summed E-state index contributed by atoms with van der Waals surface area (Å²) in [5.74, 6) is -0.816. The molecule has 0 fully saturated rings. The average Bonchev–Trinajstić information content (AvgIpc) is 2.52. The molecule has 4 nitrogen and oxygen atoms in total. The number of ether oxygens (including phenoxy) is 1. The van der Waals surface area contributed by atoms with Crippen LogP contribution in [0.1, 0.15) is 21.5 Å². The summed E-state index contributed by atoms with van der Waals surface area (Å²) in [6.45, 7) is 2.08. The first-order valence-corrected chi connectivity index (χ1v) is 6.69. The largest absolute Gasteiger partial charge is 0.452 e. The van der Waals surface area contributed by atoms with Crippen LogP contribution in [0.25, 0.3) is 0 Å². The molecule has 4 heteroatoms. The Morgan fingerprint density at radius 3 is 2.33 bits per heavy atom. The van der Waals surface area contributed by atoms with Gasteiger partial charge in [0.2, 0.25) is 0 Å². The van der Waals surface area contributed by atoms with Crippen LogP contribution in [0.15, 0.2) is 54.6 Å². The molecule has 0 radical (unpaired) electrons. The number of hydrogen-bond donors (Lipinski definition) is 1. The Hall–Kier alpha value is -2.62. The van der Waals surface area contributed by atoms with Crippen LogP contribution in [0.4, 0.5) is 0 Å². The van der Waals surface area contributed by atoms with Crippen molar-refractivity contribution in [2.75, 3.05) is 6.61 Å². The van der Waals surface area contributed by atoms with Gasteiger partial charge in [-0.1, -0.05) is 48.0 Å². The second-order valence-corrected chi connectivity index (χ2v) is 4.70. The minimum absolute atomic E-state index is 0.278. The van der Waals surface area contributed by atoms with Crippen molar-refractivity contribution in [2.45, 2.75) is 13.5 Å². The smallest absolute Gasteiger partial charge is 0.338 e. The molecule has 1 amide bonds. The summed E-state index contributed by atoms with van der Waals surface area (Å²) in [5.41, 5.74) is 2.50. The van der Waals surface area contributed by atoms with Crippen LogP contribution in [-0.2, 0) is 16.1 Å². The van der Waals surface area contributed by atoms with E-state index in [0.717, 1.165) is 11.1 Å². The van der Waals surface area contributed by atoms with Crippen molar-refractivity contribution in [3.05, 3.63) is 71.3 Å². The monoisotopic (exact) mass is 283 g/mol. The van der Waals surface area contributed by atoms with Gasteiger partial charge in [-0.25, -0.2) is 4.79 Å². The second-order valence-electron chi connectivity index (χ2n) is 4.70. The lowest BCUT2D eigenvalue weighted by atomic mass is 10.1. The fraction of sp³-hybridized carbons (Fsp3) is 0.176. The van der Waals surface area contributed by atoms with E-state index in [2.05, 4.69) is 5.32 Å². The summed E-state index contributed by atoms with van der Waals surface area (Å²) >= 11 is 0. The number of esters is 1. The molecule has 0 unspecified atom stereocenters. The fourth-order valence-corrected chi connectivity index (χ4v) is 1.75. The Morgan fingerprint density at radius 2 is 1.67 bits per heavy atom. The van der Waals surface area contributed by atoms with Gasteiger partial charge in [0.1, 0.15) is 0 Å². The van der Waals surface area contributed by atoms with Gasteiger partial charge >= 0.3 is 5.97 Å². The van der Waals surface area contributed by atoms with Gasteiger partial charge in [-0.15, -0.1) is 0 Å². The number of carbonyl (C=O) groups is 2. The number of benzene rings is 2. The topological polar surface area (TPSA) is 55.4 Å². The first-order valence-electron chi connectivity index (χ1n) is 6.69. The van der Waals surface area contributed by atoms with Gasteiger partial charge in [0.15, 0.2) is 6.61 Å². The van der Waals surface area contributed by atoms with E-state index in [4.69, 9.17) is 4.74 Å². The zero-order chi connectivity index (χ0) is 15.1. The quantitative estimate of drug-likeness (QED) is 0.858. The predicted molar refractivity (Wildman–Crippen MR) is 79.8 cm³/mol. The van der Waals surface area contributed by atoms with Crippen molar-refractivity contribution >= 4 is 11.9 Å². The van der Waals surface area contributed by atoms with Gasteiger partial charge < -0.3 is 10.1 Å². The summed E-state index contributed by atoms with van der Waals surface area (Å²) in [6.07, 6.45) is 0. The number of nitrogens with one attached hydrogen (secondary N) is 1. The Labute approximate surface area is 123 Å². The molecular weight excluding hydrogens is 266 g/mol. The van der Waals surface area contributed by atoms with E-state index >= 15 is 0 Å². The maximum absolute atomic E-state index is 11.7. The van der Waals surface area contributed by atoms with E-state index in [0.29, 0.717) is 12.1 Å². The molecular formula is C17H17NO3. The Bertz CT molecular complexity index is 606. The number of carbonyl (C=O) groups excluding carboxylic acids is 2. The lowest BCUT2D eigenvalue weighted by Gasteiger charge is -2.07. The molecule has 0 aliphatic rings. The van der Waals surface area contributed by atoms with Crippen molar-refractivity contribution in [3.63, 3.8) is 0 Å². The van der Waals surface area contributed by atoms with E-state index < -0.39 is 5.97 Å². The molecule has 0 spiro atoms. The standard InChI is InChI=1S/C17H17NO3/c1-13-7-9-15(10-8-13)17(20)21-12-16(19)18-11-14-5-3-2-4-6-14/h2-10H,11-12H2,1H3,(H,18,19). The fourth-order valence-electron chi connectivity index (χ4n) is 1.75. The number of aryl methyl sites for hydroxylation is 1. The Balaban J connectivity index is 1.76. The molecule has 0 saturated carbocycles. The van der Waals surface area contributed by atoms with Crippen LogP contribution in [0.5, 0.6) is 0 Å². The SMILES string of the molecule is Cc1ccc(C(=O)OCC(=O)NCc2ccccc2)cc1. The average molecular weight is 283 g/mol. The molecule has 1 N–H and O–H groups in total. The Kier molecular flexibility index (Phi) is 5.10. The van der Waals surface area contributed by atoms with Crippen molar-refractivity contribution in [1.82, 2.24) is 5.32 Å². The summed E-state index contributed by atoms with van der Waals surface area (Å²) in [6, 6.07) is 16.6. The summed E-state index contributed by atoms with van der Waals surface area (Å²) in [5, 5.41) is 2.70. The molecule has 2 rings (SSSR count). The van der Waals surface area contributed by atoms with E-state index in [-0.39, 0.29) is 12.5 Å². The molecule has 0 bridgehead atoms. The summed E-state index contributed by atoms with van der Waals surface area (Å²) < 4.78 is 4.97. The van der Waals surface area contributed by atoms with Crippen LogP contribution in [0, 0.1) is 6.92 Å². The maximum atomic E-state index is 11.7. The van der Waals surface area contributed by atoms with E-state index in [1.807, 2.05) is 49.4 Å². The highest BCUT2D eigenvalue weighted by molar-refractivity contribution is 5.91. The predicted octanol–water partition coefficient (Wildman–Crippen LogP) is 2.47. The second kappa shape index (κ2) is 7.24. The van der Waals surface area contributed by atoms with Gasteiger partial charge in [0, 0.05) is 6.54 Å². The van der Waals surface area contributed by atoms with Crippen molar-refractivity contribution < 1.29 is 14.3 Å². The first-order chi connectivity index (χ1) is 10.1. The van der Waals surface area contributed by atoms with E-state index in [1.54, 1.807) is 12.1 Å². The number of hydrogen-bond acceptors (Lipinski definition) is 3. The number of rotatable bonds is 5. The highest BCUT2D eigenvalue weighted by Crippen LogP contribution is 2.04. The summed E-state index contributed by atoms with van der Waals surface area (Å²) in [4.78, 5) is 23.4. The van der Waals surface area contributed by atoms with Gasteiger partial charge in [0.25, 0.3) is 5.91 Å². The lowest BCUT2D eigenvalue weighted by Crippen LogP contribution is -2.28. The van der Waals surface area contributed by atoms with Crippen LogP contribution < -0.4 is 5.32 Å². The molecule has 0 heterocycles.